The summed E-state index contributed by atoms with van der Waals surface area (Å²) in [5.74, 6) is -0.833. The third-order valence-electron chi connectivity index (χ3n) is 2.93. The summed E-state index contributed by atoms with van der Waals surface area (Å²) >= 11 is 0. The molecule has 1 aliphatic heterocycles. The topological polar surface area (TPSA) is 65.5 Å². The summed E-state index contributed by atoms with van der Waals surface area (Å²) in [4.78, 5) is 15.5. The Kier molecular flexibility index (Phi) is 6.14. The maximum atomic E-state index is 9.00. The molecule has 2 N–H and O–H groups in total. The molecular weight excluding hydrogens is 230 g/mol. The van der Waals surface area contributed by atoms with E-state index in [0.717, 1.165) is 20.0 Å². The summed E-state index contributed by atoms with van der Waals surface area (Å²) in [5, 5.41) is 10.8. The second kappa shape index (κ2) is 7.66. The highest BCUT2D eigenvalue weighted by Crippen LogP contribution is 2.18. The first kappa shape index (κ1) is 14.4. The Morgan fingerprint density at radius 3 is 2.33 bits per heavy atom. The average molecular weight is 251 g/mol. The van der Waals surface area contributed by atoms with Crippen molar-refractivity contribution in [3.05, 3.63) is 24.5 Å². The number of rotatable bonds is 2. The molecule has 1 fully saturated rings. The van der Waals surface area contributed by atoms with Crippen molar-refractivity contribution in [3.8, 4) is 0 Å². The maximum Gasteiger partial charge on any atom is 0.300 e. The molecule has 2 heterocycles. The maximum absolute atomic E-state index is 9.00. The van der Waals surface area contributed by atoms with E-state index in [1.165, 1.54) is 18.5 Å². The largest absolute Gasteiger partial charge is 0.481 e. The highest BCUT2D eigenvalue weighted by molar-refractivity contribution is 5.62. The van der Waals surface area contributed by atoms with Crippen molar-refractivity contribution in [1.29, 1.82) is 0 Å². The number of nitrogens with zero attached hydrogens (tertiary/aromatic N) is 2. The molecule has 0 aliphatic carbocycles. The molecule has 1 aromatic heterocycles. The van der Waals surface area contributed by atoms with Gasteiger partial charge in [0.05, 0.1) is 0 Å². The number of anilines is 1. The molecule has 1 aliphatic rings. The number of carboxylic acid groups (broad SMARTS) is 1. The minimum Gasteiger partial charge on any atom is -0.481 e. The van der Waals surface area contributed by atoms with E-state index in [1.807, 2.05) is 19.4 Å². The molecule has 2 rings (SSSR count). The third kappa shape index (κ3) is 5.14. The van der Waals surface area contributed by atoms with Gasteiger partial charge in [0, 0.05) is 44.1 Å². The average Bonchev–Trinajstić information content (AvgIpc) is 2.39. The summed E-state index contributed by atoms with van der Waals surface area (Å²) in [7, 11) is 2.05. The lowest BCUT2D eigenvalue weighted by atomic mass is 10.1. The first-order valence-corrected chi connectivity index (χ1v) is 6.15. The highest BCUT2D eigenvalue weighted by atomic mass is 16.4. The van der Waals surface area contributed by atoms with Crippen LogP contribution in [-0.4, -0.2) is 42.2 Å². The molecule has 0 amide bonds. The van der Waals surface area contributed by atoms with Crippen LogP contribution < -0.4 is 10.2 Å². The van der Waals surface area contributed by atoms with E-state index in [2.05, 4.69) is 27.3 Å². The zero-order valence-corrected chi connectivity index (χ0v) is 11.0. The van der Waals surface area contributed by atoms with Gasteiger partial charge in [0.25, 0.3) is 5.97 Å². The van der Waals surface area contributed by atoms with Gasteiger partial charge < -0.3 is 15.3 Å². The number of aromatic nitrogens is 1. The Hall–Kier alpha value is -1.62. The number of piperidine rings is 1. The number of pyridine rings is 1. The van der Waals surface area contributed by atoms with Crippen LogP contribution in [0.1, 0.15) is 19.8 Å². The molecule has 0 bridgehead atoms. The van der Waals surface area contributed by atoms with Crippen molar-refractivity contribution in [2.75, 3.05) is 25.0 Å². The number of hydrogen-bond donors (Lipinski definition) is 2. The van der Waals surface area contributed by atoms with Gasteiger partial charge in [-0.05, 0) is 32.0 Å². The molecule has 1 aromatic rings. The monoisotopic (exact) mass is 251 g/mol. The first-order valence-electron chi connectivity index (χ1n) is 6.15. The van der Waals surface area contributed by atoms with Crippen molar-refractivity contribution in [2.24, 2.45) is 0 Å². The van der Waals surface area contributed by atoms with Gasteiger partial charge in [-0.25, -0.2) is 0 Å². The van der Waals surface area contributed by atoms with Crippen LogP contribution in [0, 0.1) is 0 Å². The Labute approximate surface area is 108 Å². The fourth-order valence-electron chi connectivity index (χ4n) is 1.98. The van der Waals surface area contributed by atoms with Gasteiger partial charge in [-0.15, -0.1) is 0 Å². The standard InChI is InChI=1S/C11H17N3.C2H4O2/c1-12-10-4-8-14(9-5-10)11-2-6-13-7-3-11;1-2(3)4/h2-3,6-7,10,12H,4-5,8-9H2,1H3;1H3,(H,3,4). The van der Waals surface area contributed by atoms with Gasteiger partial charge in [-0.1, -0.05) is 0 Å². The molecule has 18 heavy (non-hydrogen) atoms. The summed E-state index contributed by atoms with van der Waals surface area (Å²) in [6, 6.07) is 4.87. The van der Waals surface area contributed by atoms with E-state index in [4.69, 9.17) is 9.90 Å². The molecule has 1 saturated heterocycles. The fraction of sp³-hybridized carbons (Fsp3) is 0.538. The van der Waals surface area contributed by atoms with Crippen LogP contribution in [0.2, 0.25) is 0 Å². The van der Waals surface area contributed by atoms with Crippen LogP contribution in [-0.2, 0) is 4.79 Å². The molecule has 0 radical (unpaired) electrons. The summed E-state index contributed by atoms with van der Waals surface area (Å²) < 4.78 is 0. The predicted octanol–water partition coefficient (Wildman–Crippen LogP) is 1.36. The molecule has 0 spiro atoms. The molecule has 0 aromatic carbocycles. The minimum absolute atomic E-state index is 0.702. The lowest BCUT2D eigenvalue weighted by molar-refractivity contribution is -0.134. The second-order valence-corrected chi connectivity index (χ2v) is 4.27. The normalized spacial score (nSPS) is 15.8. The smallest absolute Gasteiger partial charge is 0.300 e. The highest BCUT2D eigenvalue weighted by Gasteiger charge is 2.17. The van der Waals surface area contributed by atoms with Crippen LogP contribution in [0.5, 0.6) is 0 Å². The molecular formula is C13H21N3O2. The molecule has 0 saturated carbocycles. The molecule has 5 nitrogen and oxygen atoms in total. The second-order valence-electron chi connectivity index (χ2n) is 4.27. The SMILES string of the molecule is CC(=O)O.CNC1CCN(c2ccncc2)CC1. The van der Waals surface area contributed by atoms with Gasteiger partial charge in [-0.3, -0.25) is 9.78 Å². The van der Waals surface area contributed by atoms with E-state index < -0.39 is 5.97 Å². The van der Waals surface area contributed by atoms with Crippen LogP contribution in [0.15, 0.2) is 24.5 Å². The van der Waals surface area contributed by atoms with Crippen LogP contribution in [0.4, 0.5) is 5.69 Å². The van der Waals surface area contributed by atoms with Gasteiger partial charge in [-0.2, -0.15) is 0 Å². The van der Waals surface area contributed by atoms with Crippen LogP contribution >= 0.6 is 0 Å². The quantitative estimate of drug-likeness (QED) is 0.831. The lowest BCUT2D eigenvalue weighted by Crippen LogP contribution is -2.41. The zero-order chi connectivity index (χ0) is 13.4. The zero-order valence-electron chi connectivity index (χ0n) is 11.0. The van der Waals surface area contributed by atoms with E-state index in [9.17, 15) is 0 Å². The van der Waals surface area contributed by atoms with Crippen molar-refractivity contribution < 1.29 is 9.90 Å². The molecule has 100 valence electrons. The molecule has 5 heteroatoms. The van der Waals surface area contributed by atoms with E-state index in [0.29, 0.717) is 6.04 Å². The number of carboxylic acids is 1. The first-order chi connectivity index (χ1) is 8.63. The Morgan fingerprint density at radius 2 is 1.89 bits per heavy atom. The van der Waals surface area contributed by atoms with Crippen molar-refractivity contribution in [2.45, 2.75) is 25.8 Å². The van der Waals surface area contributed by atoms with Gasteiger partial charge in [0.15, 0.2) is 0 Å². The summed E-state index contributed by atoms with van der Waals surface area (Å²) in [6.45, 7) is 3.38. The Bertz CT molecular complexity index is 345. The van der Waals surface area contributed by atoms with Gasteiger partial charge in [0.1, 0.15) is 0 Å². The predicted molar refractivity (Wildman–Crippen MR) is 71.8 cm³/mol. The molecule has 0 unspecified atom stereocenters. The third-order valence-corrected chi connectivity index (χ3v) is 2.93. The van der Waals surface area contributed by atoms with Crippen LogP contribution in [0.3, 0.4) is 0 Å². The number of aliphatic carboxylic acids is 1. The number of nitrogens with one attached hydrogen (secondary N) is 1. The van der Waals surface area contributed by atoms with Crippen LogP contribution in [0.25, 0.3) is 0 Å². The van der Waals surface area contributed by atoms with E-state index in [-0.39, 0.29) is 0 Å². The Morgan fingerprint density at radius 1 is 1.39 bits per heavy atom. The fourth-order valence-corrected chi connectivity index (χ4v) is 1.98. The van der Waals surface area contributed by atoms with E-state index in [1.54, 1.807) is 0 Å². The van der Waals surface area contributed by atoms with Crippen molar-refractivity contribution >= 4 is 11.7 Å². The number of hydrogen-bond acceptors (Lipinski definition) is 4. The van der Waals surface area contributed by atoms with Crippen molar-refractivity contribution in [1.82, 2.24) is 10.3 Å². The summed E-state index contributed by atoms with van der Waals surface area (Å²) in [6.07, 6.45) is 6.19. The van der Waals surface area contributed by atoms with Crippen molar-refractivity contribution in [3.63, 3.8) is 0 Å². The van der Waals surface area contributed by atoms with Gasteiger partial charge >= 0.3 is 0 Å². The van der Waals surface area contributed by atoms with E-state index >= 15 is 0 Å². The van der Waals surface area contributed by atoms with Gasteiger partial charge in [0.2, 0.25) is 0 Å². The minimum atomic E-state index is -0.833. The molecule has 0 atom stereocenters. The number of carbonyl (C=O) groups is 1. The Balaban J connectivity index is 0.000000357. The summed E-state index contributed by atoms with van der Waals surface area (Å²) in [5.41, 5.74) is 1.30. The lowest BCUT2D eigenvalue weighted by Gasteiger charge is -2.33.